The molecule has 2 rings (SSSR count). The van der Waals surface area contributed by atoms with Gasteiger partial charge in [0, 0.05) is 18.3 Å². The molecule has 0 unspecified atom stereocenters. The van der Waals surface area contributed by atoms with Crippen LogP contribution in [0.1, 0.15) is 20.3 Å². The maximum Gasteiger partial charge on any atom is 0.169 e. The summed E-state index contributed by atoms with van der Waals surface area (Å²) in [5.74, 6) is 0. The molecule has 2 aromatic rings. The Morgan fingerprint density at radius 3 is 2.40 bits per heavy atom. The van der Waals surface area contributed by atoms with Gasteiger partial charge in [-0.25, -0.2) is 10.1 Å². The summed E-state index contributed by atoms with van der Waals surface area (Å²) in [6.45, 7) is 5.10. The van der Waals surface area contributed by atoms with Crippen LogP contribution >= 0.6 is 0 Å². The standard InChI is InChI=1S/C16H19N4/c1-3-9-18-15-6-5-14(12-16(15)19-17)13-7-10-20(4-2)11-8-13/h5-12,17H,3-4H2,1-2H3/q+1. The Balaban J connectivity index is 2.37. The van der Waals surface area contributed by atoms with Gasteiger partial charge in [-0.1, -0.05) is 13.0 Å². The summed E-state index contributed by atoms with van der Waals surface area (Å²) in [4.78, 5) is 4.31. The van der Waals surface area contributed by atoms with Crippen molar-refractivity contribution in [1.82, 2.24) is 0 Å². The molecule has 4 heteroatoms. The SMILES string of the molecule is CCC=Nc1ccc(-c2cc[n+](CC)cc2)cc1N=N. The Hall–Kier alpha value is -2.36. The van der Waals surface area contributed by atoms with Crippen molar-refractivity contribution in [3.05, 3.63) is 42.7 Å². The van der Waals surface area contributed by atoms with Gasteiger partial charge in [-0.2, -0.15) is 5.11 Å². The number of nitrogens with zero attached hydrogens (tertiary/aromatic N) is 3. The van der Waals surface area contributed by atoms with Crippen molar-refractivity contribution < 1.29 is 4.57 Å². The molecule has 0 aliphatic carbocycles. The molecule has 20 heavy (non-hydrogen) atoms. The van der Waals surface area contributed by atoms with Crippen molar-refractivity contribution in [3.63, 3.8) is 0 Å². The molecule has 1 N–H and O–H groups in total. The quantitative estimate of drug-likeness (QED) is 0.473. The number of aromatic nitrogens is 1. The average Bonchev–Trinajstić information content (AvgIpc) is 2.52. The first-order valence-electron chi connectivity index (χ1n) is 6.82. The summed E-state index contributed by atoms with van der Waals surface area (Å²) >= 11 is 0. The van der Waals surface area contributed by atoms with Gasteiger partial charge in [-0.05, 0) is 36.6 Å². The summed E-state index contributed by atoms with van der Waals surface area (Å²) in [5.41, 5.74) is 10.8. The van der Waals surface area contributed by atoms with Gasteiger partial charge < -0.3 is 0 Å². The third kappa shape index (κ3) is 3.15. The van der Waals surface area contributed by atoms with E-state index in [1.807, 2.05) is 31.3 Å². The van der Waals surface area contributed by atoms with Crippen LogP contribution in [0, 0.1) is 5.53 Å². The van der Waals surface area contributed by atoms with Crippen LogP contribution in [0.2, 0.25) is 0 Å². The molecule has 0 fully saturated rings. The van der Waals surface area contributed by atoms with Gasteiger partial charge in [-0.3, -0.25) is 4.99 Å². The van der Waals surface area contributed by atoms with Gasteiger partial charge in [-0.15, -0.1) is 0 Å². The molecular formula is C16H19N4+. The largest absolute Gasteiger partial charge is 0.259 e. The monoisotopic (exact) mass is 267 g/mol. The first kappa shape index (κ1) is 14.1. The zero-order valence-electron chi connectivity index (χ0n) is 11.9. The van der Waals surface area contributed by atoms with Gasteiger partial charge in [0.25, 0.3) is 0 Å². The van der Waals surface area contributed by atoms with Crippen molar-refractivity contribution in [1.29, 1.82) is 5.53 Å². The molecule has 0 atom stereocenters. The fourth-order valence-corrected chi connectivity index (χ4v) is 1.95. The lowest BCUT2D eigenvalue weighted by Crippen LogP contribution is -2.30. The molecule has 1 aromatic carbocycles. The van der Waals surface area contributed by atoms with Crippen molar-refractivity contribution in [3.8, 4) is 11.1 Å². The van der Waals surface area contributed by atoms with Crippen molar-refractivity contribution >= 4 is 17.6 Å². The Morgan fingerprint density at radius 1 is 1.05 bits per heavy atom. The first-order chi connectivity index (χ1) is 9.78. The number of pyridine rings is 1. The lowest BCUT2D eigenvalue weighted by molar-refractivity contribution is -0.693. The van der Waals surface area contributed by atoms with E-state index in [9.17, 15) is 0 Å². The molecule has 0 spiro atoms. The predicted octanol–water partition coefficient (Wildman–Crippen LogP) is 4.44. The highest BCUT2D eigenvalue weighted by Gasteiger charge is 2.05. The summed E-state index contributed by atoms with van der Waals surface area (Å²) in [6, 6.07) is 9.97. The molecule has 0 saturated carbocycles. The topological polar surface area (TPSA) is 52.5 Å². The lowest BCUT2D eigenvalue weighted by Gasteiger charge is -2.04. The molecule has 0 aliphatic rings. The van der Waals surface area contributed by atoms with E-state index in [1.54, 1.807) is 0 Å². The van der Waals surface area contributed by atoms with Gasteiger partial charge in [0.05, 0.1) is 5.69 Å². The van der Waals surface area contributed by atoms with Crippen LogP contribution in [0.25, 0.3) is 11.1 Å². The zero-order valence-corrected chi connectivity index (χ0v) is 11.9. The fraction of sp³-hybridized carbons (Fsp3) is 0.250. The van der Waals surface area contributed by atoms with Crippen LogP contribution in [-0.4, -0.2) is 6.21 Å². The van der Waals surface area contributed by atoms with Crippen molar-refractivity contribution in [2.75, 3.05) is 0 Å². The van der Waals surface area contributed by atoms with Gasteiger partial charge in [0.1, 0.15) is 12.2 Å². The maximum absolute atomic E-state index is 7.29. The van der Waals surface area contributed by atoms with Gasteiger partial charge in [0.15, 0.2) is 12.4 Å². The van der Waals surface area contributed by atoms with Crippen LogP contribution in [0.3, 0.4) is 0 Å². The Bertz CT molecular complexity index is 615. The second-order valence-corrected chi connectivity index (χ2v) is 4.45. The highest BCUT2D eigenvalue weighted by molar-refractivity contribution is 5.76. The van der Waals surface area contributed by atoms with Crippen molar-refractivity contribution in [2.45, 2.75) is 26.8 Å². The maximum atomic E-state index is 7.29. The van der Waals surface area contributed by atoms with Crippen LogP contribution in [-0.2, 0) is 6.54 Å². The van der Waals surface area contributed by atoms with Gasteiger partial charge >= 0.3 is 0 Å². The highest BCUT2D eigenvalue weighted by atomic mass is 15.0. The summed E-state index contributed by atoms with van der Waals surface area (Å²) in [7, 11) is 0. The third-order valence-electron chi connectivity index (χ3n) is 3.10. The minimum absolute atomic E-state index is 0.597. The number of hydrogen-bond donors (Lipinski definition) is 1. The molecule has 0 amide bonds. The number of nitrogens with one attached hydrogen (secondary N) is 1. The van der Waals surface area contributed by atoms with Crippen LogP contribution in [0.15, 0.2) is 52.8 Å². The van der Waals surface area contributed by atoms with Crippen LogP contribution < -0.4 is 4.57 Å². The summed E-state index contributed by atoms with van der Waals surface area (Å²) in [6.07, 6.45) is 6.80. The number of hydrogen-bond acceptors (Lipinski definition) is 3. The number of aryl methyl sites for hydroxylation is 1. The van der Waals surface area contributed by atoms with E-state index in [4.69, 9.17) is 5.53 Å². The van der Waals surface area contributed by atoms with Crippen molar-refractivity contribution in [2.24, 2.45) is 10.1 Å². The Morgan fingerprint density at radius 2 is 1.80 bits per heavy atom. The van der Waals surface area contributed by atoms with E-state index in [0.717, 1.165) is 29.8 Å². The molecule has 4 nitrogen and oxygen atoms in total. The second kappa shape index (κ2) is 6.70. The average molecular weight is 267 g/mol. The molecule has 0 saturated heterocycles. The van der Waals surface area contributed by atoms with E-state index in [2.05, 4.69) is 46.1 Å². The number of benzene rings is 1. The minimum atomic E-state index is 0.597. The molecular weight excluding hydrogens is 248 g/mol. The molecule has 0 bridgehead atoms. The van der Waals surface area contributed by atoms with Crippen LogP contribution in [0.5, 0.6) is 0 Å². The Labute approximate surface area is 119 Å². The normalized spacial score (nSPS) is 10.9. The lowest BCUT2D eigenvalue weighted by atomic mass is 10.1. The van der Waals surface area contributed by atoms with Gasteiger partial charge in [0.2, 0.25) is 0 Å². The highest BCUT2D eigenvalue weighted by Crippen LogP contribution is 2.32. The van der Waals surface area contributed by atoms with Crippen LogP contribution in [0.4, 0.5) is 11.4 Å². The fourth-order valence-electron chi connectivity index (χ4n) is 1.95. The molecule has 1 heterocycles. The third-order valence-corrected chi connectivity index (χ3v) is 3.10. The molecule has 0 aliphatic heterocycles. The first-order valence-corrected chi connectivity index (χ1v) is 6.82. The summed E-state index contributed by atoms with van der Waals surface area (Å²) in [5, 5.41) is 3.57. The van der Waals surface area contributed by atoms with E-state index in [0.29, 0.717) is 5.69 Å². The zero-order chi connectivity index (χ0) is 14.4. The van der Waals surface area contributed by atoms with E-state index in [-0.39, 0.29) is 0 Å². The van der Waals surface area contributed by atoms with E-state index < -0.39 is 0 Å². The second-order valence-electron chi connectivity index (χ2n) is 4.45. The Kier molecular flexibility index (Phi) is 4.71. The molecule has 1 aromatic heterocycles. The predicted molar refractivity (Wildman–Crippen MR) is 81.0 cm³/mol. The number of rotatable bonds is 5. The number of aliphatic imine (C=N–C) groups is 1. The molecule has 0 radical (unpaired) electrons. The van der Waals surface area contributed by atoms with E-state index >= 15 is 0 Å². The van der Waals surface area contributed by atoms with E-state index in [1.165, 1.54) is 0 Å². The minimum Gasteiger partial charge on any atom is -0.259 e. The molecule has 102 valence electrons. The smallest absolute Gasteiger partial charge is 0.169 e. The summed E-state index contributed by atoms with van der Waals surface area (Å²) < 4.78 is 2.11.